The topological polar surface area (TPSA) is 99.3 Å². The second-order valence-electron chi connectivity index (χ2n) is 7.51. The molecular formula is C23H26N4O4. The predicted molar refractivity (Wildman–Crippen MR) is 117 cm³/mol. The van der Waals surface area contributed by atoms with Crippen molar-refractivity contribution in [3.63, 3.8) is 0 Å². The molecule has 0 atom stereocenters. The summed E-state index contributed by atoms with van der Waals surface area (Å²) in [6, 6.07) is 13.3. The van der Waals surface area contributed by atoms with E-state index in [0.29, 0.717) is 36.6 Å². The summed E-state index contributed by atoms with van der Waals surface area (Å²) in [5, 5.41) is 18.1. The summed E-state index contributed by atoms with van der Waals surface area (Å²) in [7, 11) is 0. The van der Waals surface area contributed by atoms with Gasteiger partial charge in [0.1, 0.15) is 23.7 Å². The fraction of sp³-hybridized carbons (Fsp3) is 0.304. The van der Waals surface area contributed by atoms with E-state index in [4.69, 9.17) is 4.74 Å². The minimum Gasteiger partial charge on any atom is -0.489 e. The maximum absolute atomic E-state index is 12.5. The molecule has 0 fully saturated rings. The molecule has 0 saturated heterocycles. The molecule has 31 heavy (non-hydrogen) atoms. The van der Waals surface area contributed by atoms with Gasteiger partial charge in [0.25, 0.3) is 5.91 Å². The largest absolute Gasteiger partial charge is 0.489 e. The number of carbonyl (C=O) groups is 1. The number of hydrogen-bond donors (Lipinski definition) is 1. The molecule has 162 valence electrons. The van der Waals surface area contributed by atoms with Crippen LogP contribution in [0.2, 0.25) is 0 Å². The number of carbonyl (C=O) groups excluding carboxylic acids is 1. The Bertz CT molecular complexity index is 1120. The molecule has 0 aliphatic rings. The van der Waals surface area contributed by atoms with Crippen molar-refractivity contribution in [2.75, 3.05) is 6.54 Å². The summed E-state index contributed by atoms with van der Waals surface area (Å²) in [6.07, 6.45) is 0. The van der Waals surface area contributed by atoms with E-state index in [2.05, 4.69) is 16.5 Å². The molecule has 1 amide bonds. The van der Waals surface area contributed by atoms with E-state index < -0.39 is 4.92 Å². The third-order valence-corrected chi connectivity index (χ3v) is 5.05. The van der Waals surface area contributed by atoms with Crippen molar-refractivity contribution >= 4 is 11.6 Å². The maximum atomic E-state index is 12.5. The fourth-order valence-corrected chi connectivity index (χ4v) is 3.47. The maximum Gasteiger partial charge on any atom is 0.312 e. The van der Waals surface area contributed by atoms with Crippen molar-refractivity contribution in [2.24, 2.45) is 0 Å². The minimum atomic E-state index is -0.432. The highest BCUT2D eigenvalue weighted by molar-refractivity contribution is 5.94. The Kier molecular flexibility index (Phi) is 6.69. The number of aryl methyl sites for hydroxylation is 3. The first-order valence-corrected chi connectivity index (χ1v) is 10.0. The van der Waals surface area contributed by atoms with Gasteiger partial charge in [0.05, 0.1) is 11.5 Å². The van der Waals surface area contributed by atoms with Crippen LogP contribution in [-0.4, -0.2) is 27.2 Å². The van der Waals surface area contributed by atoms with Gasteiger partial charge in [0, 0.05) is 12.1 Å². The van der Waals surface area contributed by atoms with E-state index in [1.165, 1.54) is 5.56 Å². The van der Waals surface area contributed by atoms with Crippen LogP contribution in [0, 0.1) is 37.8 Å². The number of nitro groups is 1. The van der Waals surface area contributed by atoms with Crippen molar-refractivity contribution in [1.29, 1.82) is 0 Å². The van der Waals surface area contributed by atoms with Crippen molar-refractivity contribution in [2.45, 2.75) is 40.8 Å². The van der Waals surface area contributed by atoms with Crippen LogP contribution in [0.15, 0.2) is 42.5 Å². The zero-order chi connectivity index (χ0) is 22.5. The Labute approximate surface area is 181 Å². The fourth-order valence-electron chi connectivity index (χ4n) is 3.47. The summed E-state index contributed by atoms with van der Waals surface area (Å²) < 4.78 is 7.44. The Morgan fingerprint density at radius 3 is 2.61 bits per heavy atom. The number of aromatic nitrogens is 2. The number of rotatable bonds is 8. The average molecular weight is 422 g/mol. The molecule has 3 rings (SSSR count). The smallest absolute Gasteiger partial charge is 0.312 e. The van der Waals surface area contributed by atoms with Crippen LogP contribution in [0.3, 0.4) is 0 Å². The van der Waals surface area contributed by atoms with E-state index in [1.54, 1.807) is 30.7 Å². The number of ether oxygens (including phenoxy) is 1. The van der Waals surface area contributed by atoms with Gasteiger partial charge in [0.15, 0.2) is 0 Å². The average Bonchev–Trinajstić information content (AvgIpc) is 3.00. The van der Waals surface area contributed by atoms with Crippen LogP contribution < -0.4 is 10.1 Å². The molecule has 1 heterocycles. The number of benzene rings is 2. The quantitative estimate of drug-likeness (QED) is 0.436. The van der Waals surface area contributed by atoms with Gasteiger partial charge in [-0.1, -0.05) is 29.8 Å². The highest BCUT2D eigenvalue weighted by atomic mass is 16.6. The van der Waals surface area contributed by atoms with E-state index >= 15 is 0 Å². The Hall–Kier alpha value is -3.68. The molecule has 0 aliphatic carbocycles. The molecule has 2 aromatic carbocycles. The zero-order valence-electron chi connectivity index (χ0n) is 18.1. The predicted octanol–water partition coefficient (Wildman–Crippen LogP) is 4.03. The monoisotopic (exact) mass is 422 g/mol. The van der Waals surface area contributed by atoms with Crippen LogP contribution in [0.25, 0.3) is 0 Å². The first-order valence-electron chi connectivity index (χ1n) is 10.0. The summed E-state index contributed by atoms with van der Waals surface area (Å²) in [6.45, 7) is 8.31. The molecule has 1 aromatic heterocycles. The third kappa shape index (κ3) is 5.28. The molecule has 0 spiro atoms. The highest BCUT2D eigenvalue weighted by Gasteiger charge is 2.21. The number of nitrogens with zero attached hydrogens (tertiary/aromatic N) is 3. The Balaban J connectivity index is 1.58. The van der Waals surface area contributed by atoms with E-state index in [0.717, 1.165) is 16.9 Å². The lowest BCUT2D eigenvalue weighted by molar-refractivity contribution is -0.386. The Morgan fingerprint density at radius 2 is 1.94 bits per heavy atom. The van der Waals surface area contributed by atoms with Crippen LogP contribution >= 0.6 is 0 Å². The molecule has 0 aliphatic heterocycles. The zero-order valence-corrected chi connectivity index (χ0v) is 18.1. The van der Waals surface area contributed by atoms with E-state index in [-0.39, 0.29) is 11.6 Å². The standard InChI is InChI=1S/C23H26N4O4/c1-15-8-9-21(16(2)12-15)31-14-19-6-5-7-20(13-19)23(28)24-10-11-26-18(4)22(27(29)30)17(3)25-26/h5-9,12-13H,10-11,14H2,1-4H3,(H,24,28). The highest BCUT2D eigenvalue weighted by Crippen LogP contribution is 2.22. The van der Waals surface area contributed by atoms with Gasteiger partial charge in [0.2, 0.25) is 0 Å². The number of hydrogen-bond acceptors (Lipinski definition) is 5. The summed E-state index contributed by atoms with van der Waals surface area (Å²) in [5.41, 5.74) is 4.52. The van der Waals surface area contributed by atoms with Gasteiger partial charge in [-0.3, -0.25) is 19.6 Å². The first-order chi connectivity index (χ1) is 14.8. The van der Waals surface area contributed by atoms with Crippen LogP contribution in [0.5, 0.6) is 5.75 Å². The van der Waals surface area contributed by atoms with E-state index in [1.807, 2.05) is 38.1 Å². The molecule has 8 heteroatoms. The molecule has 0 unspecified atom stereocenters. The summed E-state index contributed by atoms with van der Waals surface area (Å²) in [5.74, 6) is 0.601. The second kappa shape index (κ2) is 9.42. The molecule has 1 N–H and O–H groups in total. The normalized spacial score (nSPS) is 10.7. The lowest BCUT2D eigenvalue weighted by Crippen LogP contribution is -2.27. The van der Waals surface area contributed by atoms with Crippen molar-refractivity contribution in [3.8, 4) is 5.75 Å². The molecule has 0 saturated carbocycles. The van der Waals surface area contributed by atoms with Gasteiger partial charge in [-0.15, -0.1) is 0 Å². The van der Waals surface area contributed by atoms with Gasteiger partial charge in [-0.2, -0.15) is 5.10 Å². The number of amides is 1. The number of nitrogens with one attached hydrogen (secondary N) is 1. The molecular weight excluding hydrogens is 396 g/mol. The van der Waals surface area contributed by atoms with Crippen LogP contribution in [0.1, 0.15) is 38.4 Å². The van der Waals surface area contributed by atoms with Gasteiger partial charge in [-0.25, -0.2) is 0 Å². The van der Waals surface area contributed by atoms with Crippen molar-refractivity contribution in [3.05, 3.63) is 86.2 Å². The van der Waals surface area contributed by atoms with Gasteiger partial charge >= 0.3 is 5.69 Å². The lowest BCUT2D eigenvalue weighted by Gasteiger charge is -2.11. The van der Waals surface area contributed by atoms with E-state index in [9.17, 15) is 14.9 Å². The first kappa shape index (κ1) is 22.0. The van der Waals surface area contributed by atoms with Crippen molar-refractivity contribution < 1.29 is 14.5 Å². The SMILES string of the molecule is Cc1ccc(OCc2cccc(C(=O)NCCn3nc(C)c([N+](=O)[O-])c3C)c2)c(C)c1. The van der Waals surface area contributed by atoms with Crippen LogP contribution in [0.4, 0.5) is 5.69 Å². The summed E-state index contributed by atoms with van der Waals surface area (Å²) in [4.78, 5) is 23.2. The molecule has 8 nitrogen and oxygen atoms in total. The minimum absolute atomic E-state index is 0.0165. The molecule has 0 radical (unpaired) electrons. The third-order valence-electron chi connectivity index (χ3n) is 5.05. The van der Waals surface area contributed by atoms with Crippen LogP contribution in [-0.2, 0) is 13.2 Å². The Morgan fingerprint density at radius 1 is 1.16 bits per heavy atom. The summed E-state index contributed by atoms with van der Waals surface area (Å²) >= 11 is 0. The molecule has 0 bridgehead atoms. The lowest BCUT2D eigenvalue weighted by atomic mass is 10.1. The van der Waals surface area contributed by atoms with Crippen molar-refractivity contribution in [1.82, 2.24) is 15.1 Å². The molecule has 3 aromatic rings. The second-order valence-corrected chi connectivity index (χ2v) is 7.51. The van der Waals surface area contributed by atoms with Gasteiger partial charge in [-0.05, 0) is 57.0 Å². The van der Waals surface area contributed by atoms with Gasteiger partial charge < -0.3 is 10.1 Å².